The first-order chi connectivity index (χ1) is 15.8. The van der Waals surface area contributed by atoms with Crippen LogP contribution < -0.4 is 20.8 Å². The van der Waals surface area contributed by atoms with E-state index in [-0.39, 0.29) is 42.3 Å². The smallest absolute Gasteiger partial charge is 0.387 e. The molecule has 1 aliphatic heterocycles. The number of nitriles is 1. The van der Waals surface area contributed by atoms with Gasteiger partial charge in [0.25, 0.3) is 0 Å². The van der Waals surface area contributed by atoms with E-state index in [1.54, 1.807) is 0 Å². The molecule has 174 valence electrons. The fourth-order valence-electron chi connectivity index (χ4n) is 4.30. The third kappa shape index (κ3) is 4.14. The molecule has 2 fully saturated rings. The number of hydrogen-bond acceptors (Lipinski definition) is 6. The van der Waals surface area contributed by atoms with Gasteiger partial charge < -0.3 is 25.0 Å². The summed E-state index contributed by atoms with van der Waals surface area (Å²) in [7, 11) is 0. The molecular formula is C22H21F3N4O4. The summed E-state index contributed by atoms with van der Waals surface area (Å²) < 4.78 is 48.4. The summed E-state index contributed by atoms with van der Waals surface area (Å²) in [5.74, 6) is -2.94. The molecule has 1 saturated heterocycles. The van der Waals surface area contributed by atoms with Gasteiger partial charge in [0.1, 0.15) is 11.3 Å². The van der Waals surface area contributed by atoms with E-state index in [9.17, 15) is 28.7 Å². The van der Waals surface area contributed by atoms with Crippen molar-refractivity contribution >= 4 is 22.6 Å². The molecule has 0 unspecified atom stereocenters. The van der Waals surface area contributed by atoms with Gasteiger partial charge in [-0.15, -0.1) is 0 Å². The molecule has 1 aromatic heterocycles. The summed E-state index contributed by atoms with van der Waals surface area (Å²) in [5.41, 5.74) is 5.06. The van der Waals surface area contributed by atoms with Gasteiger partial charge in [0.2, 0.25) is 5.43 Å². The summed E-state index contributed by atoms with van der Waals surface area (Å²) in [6.07, 6.45) is 3.21. The summed E-state index contributed by atoms with van der Waals surface area (Å²) in [6.45, 7) is -2.76. The van der Waals surface area contributed by atoms with Crippen molar-refractivity contribution in [1.82, 2.24) is 4.57 Å². The molecule has 11 heteroatoms. The molecule has 0 bridgehead atoms. The predicted molar refractivity (Wildman–Crippen MR) is 113 cm³/mol. The van der Waals surface area contributed by atoms with Crippen LogP contribution in [0.3, 0.4) is 0 Å². The van der Waals surface area contributed by atoms with Crippen molar-refractivity contribution in [1.29, 1.82) is 5.26 Å². The molecule has 0 radical (unpaired) electrons. The largest absolute Gasteiger partial charge is 0.477 e. The maximum absolute atomic E-state index is 15.3. The lowest BCUT2D eigenvalue weighted by atomic mass is 9.97. The maximum Gasteiger partial charge on any atom is 0.387 e. The SMILES string of the molecule is N#CC(CN)=C1CCN(c2c(F)cc3c(=O)c(C(=O)O)cn(C4CC4)c3c2OC(F)F)CC1. The highest BCUT2D eigenvalue weighted by atomic mass is 19.3. The van der Waals surface area contributed by atoms with Crippen LogP contribution in [0.4, 0.5) is 18.9 Å². The number of carboxylic acid groups (broad SMARTS) is 1. The van der Waals surface area contributed by atoms with Crippen LogP contribution in [0, 0.1) is 17.1 Å². The Kier molecular flexibility index (Phi) is 6.03. The zero-order valence-electron chi connectivity index (χ0n) is 17.5. The number of carbonyl (C=O) groups is 1. The van der Waals surface area contributed by atoms with Gasteiger partial charge in [-0.2, -0.15) is 14.0 Å². The first-order valence-electron chi connectivity index (χ1n) is 10.4. The molecule has 2 heterocycles. The van der Waals surface area contributed by atoms with Gasteiger partial charge in [-0.05, 0) is 31.7 Å². The van der Waals surface area contributed by atoms with Crippen LogP contribution in [0.2, 0.25) is 0 Å². The van der Waals surface area contributed by atoms with Gasteiger partial charge in [-0.25, -0.2) is 9.18 Å². The minimum Gasteiger partial charge on any atom is -0.477 e. The number of ether oxygens (including phenoxy) is 1. The third-order valence-corrected chi connectivity index (χ3v) is 6.02. The van der Waals surface area contributed by atoms with E-state index in [1.807, 2.05) is 6.07 Å². The number of hydrogen-bond donors (Lipinski definition) is 2. The van der Waals surface area contributed by atoms with Crippen molar-refractivity contribution in [2.75, 3.05) is 24.5 Å². The highest BCUT2D eigenvalue weighted by Gasteiger charge is 2.33. The second-order valence-electron chi connectivity index (χ2n) is 8.01. The Balaban J connectivity index is 1.92. The van der Waals surface area contributed by atoms with E-state index in [4.69, 9.17) is 10.5 Å². The van der Waals surface area contributed by atoms with E-state index >= 15 is 4.39 Å². The van der Waals surface area contributed by atoms with Crippen LogP contribution in [0.25, 0.3) is 10.9 Å². The minimum absolute atomic E-state index is 0.0507. The Morgan fingerprint density at radius 1 is 1.33 bits per heavy atom. The number of aromatic nitrogens is 1. The summed E-state index contributed by atoms with van der Waals surface area (Å²) in [4.78, 5) is 25.9. The van der Waals surface area contributed by atoms with Crippen LogP contribution in [0.15, 0.2) is 28.2 Å². The monoisotopic (exact) mass is 462 g/mol. The molecule has 0 spiro atoms. The standard InChI is InChI=1S/C22H21F3N4O4/c23-16-7-14-17(29(13-1-2-13)10-15(19(14)30)21(31)32)20(33-22(24)25)18(16)28-5-3-11(4-6-28)12(8-26)9-27/h7,10,13,22H,1-6,8,26H2,(H,31,32). The number of pyridine rings is 1. The number of halogens is 3. The lowest BCUT2D eigenvalue weighted by Gasteiger charge is -2.33. The number of nitrogens with two attached hydrogens (primary N) is 1. The topological polar surface area (TPSA) is 122 Å². The number of aromatic carboxylic acids is 1. The number of carboxylic acids is 1. The first kappa shape index (κ1) is 22.7. The van der Waals surface area contributed by atoms with Gasteiger partial charge in [0, 0.05) is 37.4 Å². The third-order valence-electron chi connectivity index (χ3n) is 6.02. The fraction of sp³-hybridized carbons (Fsp3) is 0.409. The zero-order chi connectivity index (χ0) is 23.9. The Labute approximate surface area is 186 Å². The summed E-state index contributed by atoms with van der Waals surface area (Å²) in [5, 5.41) is 18.3. The predicted octanol–water partition coefficient (Wildman–Crippen LogP) is 3.15. The van der Waals surface area contributed by atoms with Crippen LogP contribution in [-0.4, -0.2) is 41.9 Å². The number of anilines is 1. The number of rotatable bonds is 6. The molecule has 0 amide bonds. The molecule has 33 heavy (non-hydrogen) atoms. The number of alkyl halides is 2. The van der Waals surface area contributed by atoms with Gasteiger partial charge in [-0.3, -0.25) is 4.79 Å². The molecule has 1 saturated carbocycles. The number of nitrogens with zero attached hydrogens (tertiary/aromatic N) is 3. The molecule has 0 atom stereocenters. The number of benzene rings is 1. The summed E-state index contributed by atoms with van der Waals surface area (Å²) in [6, 6.07) is 2.73. The zero-order valence-corrected chi connectivity index (χ0v) is 17.5. The van der Waals surface area contributed by atoms with Gasteiger partial charge in [0.15, 0.2) is 11.6 Å². The van der Waals surface area contributed by atoms with Crippen molar-refractivity contribution in [3.8, 4) is 11.8 Å². The van der Waals surface area contributed by atoms with Crippen LogP contribution >= 0.6 is 0 Å². The summed E-state index contributed by atoms with van der Waals surface area (Å²) >= 11 is 0. The Morgan fingerprint density at radius 2 is 2.00 bits per heavy atom. The molecule has 2 aliphatic rings. The minimum atomic E-state index is -3.29. The van der Waals surface area contributed by atoms with Gasteiger partial charge >= 0.3 is 12.6 Å². The molecule has 1 aliphatic carbocycles. The number of piperidine rings is 1. The average molecular weight is 462 g/mol. The van der Waals surface area contributed by atoms with Crippen LogP contribution in [0.5, 0.6) is 5.75 Å². The van der Waals surface area contributed by atoms with E-state index in [0.717, 1.165) is 17.8 Å². The maximum atomic E-state index is 15.3. The quantitative estimate of drug-likeness (QED) is 0.633. The van der Waals surface area contributed by atoms with Gasteiger partial charge in [-0.1, -0.05) is 5.57 Å². The highest BCUT2D eigenvalue weighted by molar-refractivity contribution is 5.97. The average Bonchev–Trinajstić information content (AvgIpc) is 3.61. The lowest BCUT2D eigenvalue weighted by Crippen LogP contribution is -2.33. The van der Waals surface area contributed by atoms with Gasteiger partial charge in [0.05, 0.1) is 17.0 Å². The van der Waals surface area contributed by atoms with E-state index < -0.39 is 35.1 Å². The van der Waals surface area contributed by atoms with E-state index in [2.05, 4.69) is 0 Å². The Morgan fingerprint density at radius 3 is 2.52 bits per heavy atom. The normalized spacial score (nSPS) is 16.2. The van der Waals surface area contributed by atoms with Crippen LogP contribution in [-0.2, 0) is 0 Å². The van der Waals surface area contributed by atoms with E-state index in [1.165, 1.54) is 9.47 Å². The van der Waals surface area contributed by atoms with Crippen molar-refractivity contribution in [2.45, 2.75) is 38.3 Å². The molecule has 3 N–H and O–H groups in total. The van der Waals surface area contributed by atoms with Crippen molar-refractivity contribution in [3.05, 3.63) is 45.0 Å². The molecule has 2 aromatic rings. The number of fused-ring (bicyclic) bond motifs is 1. The van der Waals surface area contributed by atoms with E-state index in [0.29, 0.717) is 31.3 Å². The fourth-order valence-corrected chi connectivity index (χ4v) is 4.30. The molecule has 8 nitrogen and oxygen atoms in total. The molecular weight excluding hydrogens is 441 g/mol. The van der Waals surface area contributed by atoms with Crippen molar-refractivity contribution < 1.29 is 27.8 Å². The molecule has 4 rings (SSSR count). The van der Waals surface area contributed by atoms with Crippen LogP contribution in [0.1, 0.15) is 42.1 Å². The van der Waals surface area contributed by atoms with Crippen molar-refractivity contribution in [2.24, 2.45) is 5.73 Å². The lowest BCUT2D eigenvalue weighted by molar-refractivity contribution is -0.0488. The highest BCUT2D eigenvalue weighted by Crippen LogP contribution is 2.45. The second kappa shape index (κ2) is 8.78. The van der Waals surface area contributed by atoms with Crippen molar-refractivity contribution in [3.63, 3.8) is 0 Å². The first-order valence-corrected chi connectivity index (χ1v) is 10.4. The second-order valence-corrected chi connectivity index (χ2v) is 8.01. The Hall–Kier alpha value is -3.52. The Bertz CT molecular complexity index is 1250. The molecule has 1 aromatic carbocycles.